The first-order valence-electron chi connectivity index (χ1n) is 5.87. The Bertz CT molecular complexity index is 407. The van der Waals surface area contributed by atoms with E-state index in [2.05, 4.69) is 5.32 Å². The van der Waals surface area contributed by atoms with E-state index in [1.807, 2.05) is 51.1 Å². The number of rotatable bonds is 4. The van der Waals surface area contributed by atoms with Crippen LogP contribution in [0.3, 0.4) is 0 Å². The summed E-state index contributed by atoms with van der Waals surface area (Å²) in [5.41, 5.74) is 0.460. The molecule has 0 aliphatic rings. The minimum atomic E-state index is -0.573. The molecule has 18 heavy (non-hydrogen) atoms. The number of hydrogen-bond acceptors (Lipinski definition) is 3. The number of carbonyl (C=O) groups is 2. The fraction of sp³-hybridized carbons (Fsp3) is 0.429. The average molecular weight is 249 g/mol. The maximum atomic E-state index is 11.6. The molecule has 1 amide bonds. The van der Waals surface area contributed by atoms with Crippen LogP contribution in [0.4, 0.5) is 4.79 Å². The van der Waals surface area contributed by atoms with Gasteiger partial charge in [0.15, 0.2) is 5.78 Å². The SMILES string of the molecule is CC(C)(C)C(=O)CNC(=O)OCc1ccccc1. The second-order valence-corrected chi connectivity index (χ2v) is 5.09. The predicted molar refractivity (Wildman–Crippen MR) is 69.1 cm³/mol. The molecule has 0 heterocycles. The minimum absolute atomic E-state index is 0.00285. The lowest BCUT2D eigenvalue weighted by molar-refractivity contribution is -0.125. The molecular formula is C14H19NO3. The van der Waals surface area contributed by atoms with Gasteiger partial charge in [-0.1, -0.05) is 51.1 Å². The Hall–Kier alpha value is -1.84. The third-order valence-corrected chi connectivity index (χ3v) is 2.44. The quantitative estimate of drug-likeness (QED) is 0.892. The highest BCUT2D eigenvalue weighted by Gasteiger charge is 2.21. The number of amides is 1. The standard InChI is InChI=1S/C14H19NO3/c1-14(2,3)12(16)9-15-13(17)18-10-11-7-5-4-6-8-11/h4-8H,9-10H2,1-3H3,(H,15,17). The van der Waals surface area contributed by atoms with E-state index in [4.69, 9.17) is 4.74 Å². The summed E-state index contributed by atoms with van der Waals surface area (Å²) < 4.78 is 4.99. The summed E-state index contributed by atoms with van der Waals surface area (Å²) in [6.45, 7) is 5.64. The number of hydrogen-bond donors (Lipinski definition) is 1. The van der Waals surface area contributed by atoms with Crippen LogP contribution in [0.1, 0.15) is 26.3 Å². The van der Waals surface area contributed by atoms with Gasteiger partial charge in [-0.15, -0.1) is 0 Å². The molecule has 0 unspecified atom stereocenters. The molecule has 0 aromatic heterocycles. The van der Waals surface area contributed by atoms with Gasteiger partial charge in [0.05, 0.1) is 6.54 Å². The van der Waals surface area contributed by atoms with E-state index in [9.17, 15) is 9.59 Å². The van der Waals surface area contributed by atoms with Crippen molar-refractivity contribution in [3.8, 4) is 0 Å². The van der Waals surface area contributed by atoms with Crippen molar-refractivity contribution in [2.75, 3.05) is 6.54 Å². The Balaban J connectivity index is 2.29. The van der Waals surface area contributed by atoms with Crippen LogP contribution in [0.2, 0.25) is 0 Å². The van der Waals surface area contributed by atoms with Gasteiger partial charge >= 0.3 is 6.09 Å². The van der Waals surface area contributed by atoms with Crippen molar-refractivity contribution < 1.29 is 14.3 Å². The fourth-order valence-corrected chi connectivity index (χ4v) is 1.19. The summed E-state index contributed by atoms with van der Waals surface area (Å²) in [5.74, 6) is -0.0286. The van der Waals surface area contributed by atoms with Crippen molar-refractivity contribution in [2.24, 2.45) is 5.41 Å². The molecule has 0 aliphatic heterocycles. The Morgan fingerprint density at radius 1 is 1.17 bits per heavy atom. The summed E-state index contributed by atoms with van der Waals surface area (Å²) in [6.07, 6.45) is -0.573. The number of nitrogens with one attached hydrogen (secondary N) is 1. The third kappa shape index (κ3) is 4.99. The number of alkyl carbamates (subject to hydrolysis) is 1. The van der Waals surface area contributed by atoms with Crippen molar-refractivity contribution in [3.05, 3.63) is 35.9 Å². The largest absolute Gasteiger partial charge is 0.445 e. The summed E-state index contributed by atoms with van der Waals surface area (Å²) in [4.78, 5) is 22.9. The predicted octanol–water partition coefficient (Wildman–Crippen LogP) is 2.53. The lowest BCUT2D eigenvalue weighted by Crippen LogP contribution is -2.35. The first kappa shape index (κ1) is 14.2. The van der Waals surface area contributed by atoms with E-state index < -0.39 is 11.5 Å². The number of ether oxygens (including phenoxy) is 1. The second-order valence-electron chi connectivity index (χ2n) is 5.09. The molecule has 0 spiro atoms. The third-order valence-electron chi connectivity index (χ3n) is 2.44. The van der Waals surface area contributed by atoms with Crippen LogP contribution in [-0.2, 0) is 16.1 Å². The van der Waals surface area contributed by atoms with Crippen molar-refractivity contribution in [1.29, 1.82) is 0 Å². The van der Waals surface area contributed by atoms with E-state index in [0.29, 0.717) is 0 Å². The molecule has 0 bridgehead atoms. The number of ketones is 1. The maximum absolute atomic E-state index is 11.6. The van der Waals surface area contributed by atoms with Gasteiger partial charge in [-0.05, 0) is 5.56 Å². The molecular weight excluding hydrogens is 230 g/mol. The summed E-state index contributed by atoms with van der Waals surface area (Å²) in [5, 5.41) is 2.45. The van der Waals surface area contributed by atoms with Gasteiger partial charge in [-0.3, -0.25) is 4.79 Å². The fourth-order valence-electron chi connectivity index (χ4n) is 1.19. The van der Waals surface area contributed by atoms with Gasteiger partial charge in [0.25, 0.3) is 0 Å². The van der Waals surface area contributed by atoms with Crippen LogP contribution in [0.15, 0.2) is 30.3 Å². The molecule has 1 aromatic rings. The van der Waals surface area contributed by atoms with Crippen LogP contribution in [0, 0.1) is 5.41 Å². The van der Waals surface area contributed by atoms with Crippen LogP contribution >= 0.6 is 0 Å². The Kier molecular flexibility index (Phi) is 4.89. The van der Waals surface area contributed by atoms with Gasteiger partial charge in [0.1, 0.15) is 6.61 Å². The van der Waals surface area contributed by atoms with E-state index in [0.717, 1.165) is 5.56 Å². The smallest absolute Gasteiger partial charge is 0.407 e. The first-order chi connectivity index (χ1) is 8.39. The molecule has 0 saturated carbocycles. The maximum Gasteiger partial charge on any atom is 0.407 e. The molecule has 1 aromatic carbocycles. The lowest BCUT2D eigenvalue weighted by Gasteiger charge is -2.16. The Morgan fingerprint density at radius 3 is 2.33 bits per heavy atom. The van der Waals surface area contributed by atoms with E-state index in [-0.39, 0.29) is 18.9 Å². The van der Waals surface area contributed by atoms with Gasteiger partial charge < -0.3 is 10.1 Å². The molecule has 0 aliphatic carbocycles. The highest BCUT2D eigenvalue weighted by atomic mass is 16.5. The topological polar surface area (TPSA) is 55.4 Å². The lowest BCUT2D eigenvalue weighted by atomic mass is 9.91. The van der Waals surface area contributed by atoms with E-state index >= 15 is 0 Å². The monoisotopic (exact) mass is 249 g/mol. The number of Topliss-reactive ketones (excluding diaryl/α,β-unsaturated/α-hetero) is 1. The normalized spacial score (nSPS) is 10.8. The second kappa shape index (κ2) is 6.19. The molecule has 1 rings (SSSR count). The molecule has 4 nitrogen and oxygen atoms in total. The summed E-state index contributed by atoms with van der Waals surface area (Å²) >= 11 is 0. The molecule has 1 N–H and O–H groups in total. The van der Waals surface area contributed by atoms with Crippen molar-refractivity contribution in [2.45, 2.75) is 27.4 Å². The Labute approximate surface area is 107 Å². The average Bonchev–Trinajstić information content (AvgIpc) is 2.33. The van der Waals surface area contributed by atoms with Crippen LogP contribution in [-0.4, -0.2) is 18.4 Å². The zero-order valence-electron chi connectivity index (χ0n) is 11.0. The van der Waals surface area contributed by atoms with Crippen molar-refractivity contribution in [3.63, 3.8) is 0 Å². The molecule has 0 saturated heterocycles. The minimum Gasteiger partial charge on any atom is -0.445 e. The molecule has 0 atom stereocenters. The number of carbonyl (C=O) groups excluding carboxylic acids is 2. The van der Waals surface area contributed by atoms with Crippen LogP contribution in [0.5, 0.6) is 0 Å². The molecule has 4 heteroatoms. The van der Waals surface area contributed by atoms with Gasteiger partial charge in [-0.2, -0.15) is 0 Å². The molecule has 0 fully saturated rings. The summed E-state index contributed by atoms with van der Waals surface area (Å²) in [6, 6.07) is 9.38. The molecule has 98 valence electrons. The van der Waals surface area contributed by atoms with Crippen LogP contribution in [0.25, 0.3) is 0 Å². The highest BCUT2D eigenvalue weighted by Crippen LogP contribution is 2.13. The van der Waals surface area contributed by atoms with Gasteiger partial charge in [-0.25, -0.2) is 4.79 Å². The zero-order valence-corrected chi connectivity index (χ0v) is 11.0. The van der Waals surface area contributed by atoms with Crippen LogP contribution < -0.4 is 5.32 Å². The zero-order chi connectivity index (χ0) is 13.6. The first-order valence-corrected chi connectivity index (χ1v) is 5.87. The highest BCUT2D eigenvalue weighted by molar-refractivity contribution is 5.87. The Morgan fingerprint density at radius 2 is 1.78 bits per heavy atom. The van der Waals surface area contributed by atoms with Crippen molar-refractivity contribution >= 4 is 11.9 Å². The van der Waals surface area contributed by atoms with Crippen molar-refractivity contribution in [1.82, 2.24) is 5.32 Å². The van der Waals surface area contributed by atoms with E-state index in [1.54, 1.807) is 0 Å². The van der Waals surface area contributed by atoms with E-state index in [1.165, 1.54) is 0 Å². The van der Waals surface area contributed by atoms with Gasteiger partial charge in [0, 0.05) is 5.41 Å². The summed E-state index contributed by atoms with van der Waals surface area (Å²) in [7, 11) is 0. The van der Waals surface area contributed by atoms with Gasteiger partial charge in [0.2, 0.25) is 0 Å². The number of benzene rings is 1. The molecule has 0 radical (unpaired) electrons.